The van der Waals surface area contributed by atoms with Gasteiger partial charge >= 0.3 is 0 Å². The Labute approximate surface area is 159 Å². The molecule has 1 aliphatic heterocycles. The van der Waals surface area contributed by atoms with E-state index in [1.807, 2.05) is 80.6 Å². The molecule has 4 rings (SSSR count). The van der Waals surface area contributed by atoms with Crippen LogP contribution in [0.15, 0.2) is 72.8 Å². The van der Waals surface area contributed by atoms with Crippen molar-refractivity contribution >= 4 is 23.1 Å². The van der Waals surface area contributed by atoms with Crippen LogP contribution in [0.1, 0.15) is 13.8 Å². The molecule has 0 aliphatic carbocycles. The fourth-order valence-corrected chi connectivity index (χ4v) is 6.00. The van der Waals surface area contributed by atoms with Crippen molar-refractivity contribution in [3.05, 3.63) is 72.8 Å². The molecule has 4 nitrogen and oxygen atoms in total. The Kier molecular flexibility index (Phi) is 4.24. The number of benzene rings is 3. The summed E-state index contributed by atoms with van der Waals surface area (Å²) in [7, 11) is -1.53. The maximum absolute atomic E-state index is 14.5. The van der Waals surface area contributed by atoms with Gasteiger partial charge in [-0.15, -0.1) is 0 Å². The molecular formula is C22H21O4P. The highest BCUT2D eigenvalue weighted by atomic mass is 31.2. The van der Waals surface area contributed by atoms with E-state index >= 15 is 0 Å². The molecular weight excluding hydrogens is 359 g/mol. The highest BCUT2D eigenvalue weighted by molar-refractivity contribution is 7.85. The molecule has 0 atom stereocenters. The minimum atomic E-state index is -3.11. The predicted molar refractivity (Wildman–Crippen MR) is 108 cm³/mol. The molecule has 0 fully saturated rings. The van der Waals surface area contributed by atoms with Gasteiger partial charge in [-0.1, -0.05) is 60.7 Å². The summed E-state index contributed by atoms with van der Waals surface area (Å²) in [4.78, 5) is 0. The fourth-order valence-electron chi connectivity index (χ4n) is 3.33. The van der Waals surface area contributed by atoms with Crippen LogP contribution in [0.5, 0.6) is 17.2 Å². The maximum atomic E-state index is 14.5. The Balaban J connectivity index is 1.97. The van der Waals surface area contributed by atoms with Gasteiger partial charge in [0.15, 0.2) is 18.6 Å². The van der Waals surface area contributed by atoms with Crippen molar-refractivity contribution in [2.45, 2.75) is 19.6 Å². The first-order valence-electron chi connectivity index (χ1n) is 8.76. The minimum absolute atomic E-state index is 0.514. The van der Waals surface area contributed by atoms with Gasteiger partial charge in [-0.3, -0.25) is 0 Å². The Morgan fingerprint density at radius 2 is 1.37 bits per heavy atom. The van der Waals surface area contributed by atoms with Crippen LogP contribution in [0.25, 0.3) is 0 Å². The van der Waals surface area contributed by atoms with Crippen LogP contribution in [-0.4, -0.2) is 12.9 Å². The van der Waals surface area contributed by atoms with E-state index in [2.05, 4.69) is 0 Å². The summed E-state index contributed by atoms with van der Waals surface area (Å²) in [5.41, 5.74) is 0. The summed E-state index contributed by atoms with van der Waals surface area (Å²) in [5.74, 6) is 0.804. The van der Waals surface area contributed by atoms with Crippen molar-refractivity contribution in [3.63, 3.8) is 0 Å². The molecule has 0 N–H and O–H groups in total. The first-order valence-corrected chi connectivity index (χ1v) is 10.5. The van der Waals surface area contributed by atoms with E-state index in [1.54, 1.807) is 13.2 Å². The molecule has 3 aromatic carbocycles. The number of fused-ring (bicyclic) bond motifs is 1. The first-order chi connectivity index (χ1) is 12.9. The fraction of sp³-hybridized carbons (Fsp3) is 0.182. The molecule has 0 spiro atoms. The standard InChI is InChI=1S/C22H21O4P/c1-22(2)25-20-15-18(14-19(24-3)21(20)26-22)27(23,16-10-6-4-7-11-16)17-12-8-5-9-13-17/h4-15H,1-3H3. The number of ether oxygens (including phenoxy) is 3. The summed E-state index contributed by atoms with van der Waals surface area (Å²) >= 11 is 0. The van der Waals surface area contributed by atoms with Crippen LogP contribution < -0.4 is 30.1 Å². The third-order valence-electron chi connectivity index (χ3n) is 4.53. The molecule has 5 heteroatoms. The van der Waals surface area contributed by atoms with Crippen LogP contribution >= 0.6 is 7.14 Å². The highest BCUT2D eigenvalue weighted by Crippen LogP contribution is 2.50. The Bertz CT molecular complexity index is 970. The van der Waals surface area contributed by atoms with Crippen LogP contribution in [0.2, 0.25) is 0 Å². The summed E-state index contributed by atoms with van der Waals surface area (Å²) in [6, 6.07) is 22.6. The van der Waals surface area contributed by atoms with Gasteiger partial charge in [-0.25, -0.2) is 0 Å². The van der Waals surface area contributed by atoms with Gasteiger partial charge < -0.3 is 18.8 Å². The van der Waals surface area contributed by atoms with Crippen LogP contribution in [0.3, 0.4) is 0 Å². The second-order valence-electron chi connectivity index (χ2n) is 6.86. The smallest absolute Gasteiger partial charge is 0.246 e. The molecule has 0 saturated heterocycles. The largest absolute Gasteiger partial charge is 0.493 e. The molecule has 0 amide bonds. The molecule has 0 unspecified atom stereocenters. The quantitative estimate of drug-likeness (QED) is 0.645. The maximum Gasteiger partial charge on any atom is 0.246 e. The molecule has 3 aromatic rings. The van der Waals surface area contributed by atoms with E-state index in [0.717, 1.165) is 10.6 Å². The molecule has 138 valence electrons. The Hall–Kier alpha value is -2.71. The third kappa shape index (κ3) is 3.00. The average Bonchev–Trinajstić information content (AvgIpc) is 3.01. The van der Waals surface area contributed by atoms with Crippen molar-refractivity contribution < 1.29 is 18.8 Å². The lowest BCUT2D eigenvalue weighted by Gasteiger charge is -2.21. The van der Waals surface area contributed by atoms with E-state index in [0.29, 0.717) is 22.6 Å². The lowest BCUT2D eigenvalue weighted by atomic mass is 10.3. The predicted octanol–water partition coefficient (Wildman–Crippen LogP) is 3.84. The molecule has 0 bridgehead atoms. The number of rotatable bonds is 4. The molecule has 0 aromatic heterocycles. The van der Waals surface area contributed by atoms with E-state index in [1.165, 1.54) is 0 Å². The van der Waals surface area contributed by atoms with E-state index in [4.69, 9.17) is 14.2 Å². The normalized spacial score (nSPS) is 14.8. The second-order valence-corrected chi connectivity index (χ2v) is 9.63. The van der Waals surface area contributed by atoms with Crippen molar-refractivity contribution in [2.75, 3.05) is 7.11 Å². The van der Waals surface area contributed by atoms with Gasteiger partial charge in [0.2, 0.25) is 11.5 Å². The molecule has 1 aliphatic rings. The lowest BCUT2D eigenvalue weighted by Crippen LogP contribution is -2.29. The SMILES string of the molecule is COc1cc(P(=O)(c2ccccc2)c2ccccc2)cc2c1OC(C)(C)O2. The monoisotopic (exact) mass is 380 g/mol. The second kappa shape index (κ2) is 6.47. The summed E-state index contributed by atoms with van der Waals surface area (Å²) < 4.78 is 31.8. The molecule has 0 radical (unpaired) electrons. The summed E-state index contributed by atoms with van der Waals surface area (Å²) in [6.45, 7) is 3.67. The van der Waals surface area contributed by atoms with E-state index in [9.17, 15) is 4.57 Å². The zero-order valence-corrected chi connectivity index (χ0v) is 16.4. The topological polar surface area (TPSA) is 44.8 Å². The van der Waals surface area contributed by atoms with Crippen molar-refractivity contribution in [1.29, 1.82) is 0 Å². The molecule has 0 saturated carbocycles. The minimum Gasteiger partial charge on any atom is -0.493 e. The lowest BCUT2D eigenvalue weighted by molar-refractivity contribution is -0.0439. The number of hydrogen-bond donors (Lipinski definition) is 0. The van der Waals surface area contributed by atoms with Gasteiger partial charge in [0.25, 0.3) is 0 Å². The van der Waals surface area contributed by atoms with E-state index in [-0.39, 0.29) is 0 Å². The van der Waals surface area contributed by atoms with Gasteiger partial charge in [0.1, 0.15) is 0 Å². The van der Waals surface area contributed by atoms with Crippen molar-refractivity contribution in [2.24, 2.45) is 0 Å². The van der Waals surface area contributed by atoms with Gasteiger partial charge in [-0.2, -0.15) is 0 Å². The number of methoxy groups -OCH3 is 1. The van der Waals surface area contributed by atoms with Crippen molar-refractivity contribution in [1.82, 2.24) is 0 Å². The van der Waals surface area contributed by atoms with E-state index < -0.39 is 12.9 Å². The molecule has 27 heavy (non-hydrogen) atoms. The summed E-state index contributed by atoms with van der Waals surface area (Å²) in [6.07, 6.45) is 0. The van der Waals surface area contributed by atoms with Crippen LogP contribution in [0, 0.1) is 0 Å². The zero-order chi connectivity index (χ0) is 19.1. The van der Waals surface area contributed by atoms with Crippen LogP contribution in [-0.2, 0) is 4.57 Å². The van der Waals surface area contributed by atoms with Gasteiger partial charge in [0, 0.05) is 29.8 Å². The van der Waals surface area contributed by atoms with Crippen molar-refractivity contribution in [3.8, 4) is 17.2 Å². The highest BCUT2D eigenvalue weighted by Gasteiger charge is 2.38. The third-order valence-corrected chi connectivity index (χ3v) is 7.57. The van der Waals surface area contributed by atoms with Gasteiger partial charge in [0.05, 0.1) is 7.11 Å². The average molecular weight is 380 g/mol. The number of hydrogen-bond acceptors (Lipinski definition) is 4. The van der Waals surface area contributed by atoms with Crippen LogP contribution in [0.4, 0.5) is 0 Å². The first kappa shape index (κ1) is 17.7. The zero-order valence-electron chi connectivity index (χ0n) is 15.5. The summed E-state index contributed by atoms with van der Waals surface area (Å²) in [5, 5.41) is 2.17. The Morgan fingerprint density at radius 1 is 0.815 bits per heavy atom. The van der Waals surface area contributed by atoms with Gasteiger partial charge in [-0.05, 0) is 12.1 Å². The Morgan fingerprint density at radius 3 is 1.89 bits per heavy atom. The molecule has 1 heterocycles.